The monoisotopic (exact) mass is 743 g/mol. The molecule has 0 bridgehead atoms. The number of hydrogen-bond donors (Lipinski definition) is 0. The van der Waals surface area contributed by atoms with Crippen molar-refractivity contribution in [2.75, 3.05) is 0 Å². The minimum absolute atomic E-state index is 0.00492. The molecule has 7 aromatic rings. The Bertz CT molecular complexity index is 2300. The third-order valence-corrected chi connectivity index (χ3v) is 8.84. The molecule has 0 saturated carbocycles. The Hall–Kier alpha value is -5.72. The van der Waals surface area contributed by atoms with Gasteiger partial charge in [-0.05, 0) is 94.5 Å². The highest BCUT2D eigenvalue weighted by Gasteiger charge is 2.38. The van der Waals surface area contributed by atoms with Gasteiger partial charge < -0.3 is 4.57 Å². The first-order chi connectivity index (χ1) is 24.8. The summed E-state index contributed by atoms with van der Waals surface area (Å²) < 4.78 is 167. The van der Waals surface area contributed by atoms with Gasteiger partial charge in [-0.25, -0.2) is 0 Å². The van der Waals surface area contributed by atoms with Gasteiger partial charge in [-0.2, -0.15) is 52.7 Å². The molecule has 0 radical (unpaired) electrons. The predicted octanol–water partition coefficient (Wildman–Crippen LogP) is 13.9. The number of rotatable bonds is 4. The van der Waals surface area contributed by atoms with Crippen molar-refractivity contribution in [1.82, 2.24) is 4.57 Å². The SMILES string of the molecule is FC(F)(F)c1cc(-c2ccc3c(c2)c2cc(-c4cc(C(F)(F)F)cc(C(F)(F)F)c4)ccc2n3-c2ccccc2-c2ccccc2)cc(C(F)(F)F)c1. The van der Waals surface area contributed by atoms with Crippen LogP contribution in [0.25, 0.3) is 60.9 Å². The van der Waals surface area contributed by atoms with Crippen molar-refractivity contribution < 1.29 is 52.7 Å². The largest absolute Gasteiger partial charge is 0.416 e. The molecule has 0 N–H and O–H groups in total. The lowest BCUT2D eigenvalue weighted by Crippen LogP contribution is -2.11. The molecular weight excluding hydrogens is 722 g/mol. The third-order valence-electron chi connectivity index (χ3n) is 8.84. The molecule has 1 nitrogen and oxygen atoms in total. The van der Waals surface area contributed by atoms with Crippen molar-refractivity contribution in [3.63, 3.8) is 0 Å². The fourth-order valence-corrected chi connectivity index (χ4v) is 6.42. The van der Waals surface area contributed by atoms with Crippen LogP contribution in [0.15, 0.2) is 127 Å². The summed E-state index contributed by atoms with van der Waals surface area (Å²) in [5.74, 6) is 0. The number of fused-ring (bicyclic) bond motifs is 3. The van der Waals surface area contributed by atoms with E-state index in [-0.39, 0.29) is 34.0 Å². The van der Waals surface area contributed by atoms with Crippen molar-refractivity contribution in [3.05, 3.63) is 150 Å². The molecular formula is C40H21F12N. The summed E-state index contributed by atoms with van der Waals surface area (Å²) in [4.78, 5) is 0. The Morgan fingerprint density at radius 2 is 0.698 bits per heavy atom. The number of nitrogens with zero attached hydrogens (tertiary/aromatic N) is 1. The standard InChI is InChI=1S/C40H21F12N/c41-37(42,43)27-14-25(15-28(20-27)38(44,45)46)23-10-12-35-32(18-23)33-19-24(26-16-29(39(47,48)49)21-30(17-26)40(50,51)52)11-13-36(33)53(35)34-9-5-4-8-31(34)22-6-2-1-3-7-22/h1-21H. The van der Waals surface area contributed by atoms with Crippen LogP contribution in [0.4, 0.5) is 52.7 Å². The number of alkyl halides is 12. The highest BCUT2D eigenvalue weighted by atomic mass is 19.4. The summed E-state index contributed by atoms with van der Waals surface area (Å²) in [6.07, 6.45) is -20.5. The molecule has 53 heavy (non-hydrogen) atoms. The molecule has 6 aromatic carbocycles. The van der Waals surface area contributed by atoms with Crippen molar-refractivity contribution in [2.24, 2.45) is 0 Å². The van der Waals surface area contributed by atoms with E-state index in [4.69, 9.17) is 0 Å². The van der Waals surface area contributed by atoms with E-state index in [1.165, 1.54) is 36.4 Å². The van der Waals surface area contributed by atoms with E-state index >= 15 is 0 Å². The predicted molar refractivity (Wildman–Crippen MR) is 177 cm³/mol. The van der Waals surface area contributed by atoms with Gasteiger partial charge in [-0.3, -0.25) is 0 Å². The first kappa shape index (κ1) is 35.7. The maximum absolute atomic E-state index is 13.8. The Kier molecular flexibility index (Phi) is 8.38. The van der Waals surface area contributed by atoms with Crippen LogP contribution in [0.3, 0.4) is 0 Å². The highest BCUT2D eigenvalue weighted by Crippen LogP contribution is 2.44. The molecule has 0 amide bonds. The van der Waals surface area contributed by atoms with Crippen LogP contribution in [0.2, 0.25) is 0 Å². The smallest absolute Gasteiger partial charge is 0.309 e. The fourth-order valence-electron chi connectivity index (χ4n) is 6.42. The second kappa shape index (κ2) is 12.5. The van der Waals surface area contributed by atoms with Crippen molar-refractivity contribution in [1.29, 1.82) is 0 Å². The van der Waals surface area contributed by atoms with E-state index in [0.717, 1.165) is 11.1 Å². The highest BCUT2D eigenvalue weighted by molar-refractivity contribution is 6.12. The Balaban J connectivity index is 1.54. The average molecular weight is 744 g/mol. The van der Waals surface area contributed by atoms with Crippen LogP contribution in [-0.2, 0) is 24.7 Å². The Morgan fingerprint density at radius 3 is 1.09 bits per heavy atom. The Morgan fingerprint density at radius 1 is 0.321 bits per heavy atom. The summed E-state index contributed by atoms with van der Waals surface area (Å²) in [5.41, 5.74) is -4.13. The van der Waals surface area contributed by atoms with E-state index in [0.29, 0.717) is 41.0 Å². The molecule has 0 aliphatic carbocycles. The van der Waals surface area contributed by atoms with Gasteiger partial charge in [0.1, 0.15) is 0 Å². The number of halogens is 12. The molecule has 13 heteroatoms. The number of para-hydroxylation sites is 1. The van der Waals surface area contributed by atoms with Gasteiger partial charge in [-0.1, -0.05) is 60.7 Å². The van der Waals surface area contributed by atoms with Crippen molar-refractivity contribution in [3.8, 4) is 39.1 Å². The first-order valence-corrected chi connectivity index (χ1v) is 15.6. The zero-order valence-corrected chi connectivity index (χ0v) is 26.6. The van der Waals surface area contributed by atoms with Crippen LogP contribution in [0.1, 0.15) is 22.3 Å². The molecule has 0 atom stereocenters. The summed E-state index contributed by atoms with van der Waals surface area (Å²) >= 11 is 0. The molecule has 0 unspecified atom stereocenters. The van der Waals surface area contributed by atoms with E-state index in [1.807, 2.05) is 36.4 Å². The quantitative estimate of drug-likeness (QED) is 0.158. The van der Waals surface area contributed by atoms with Crippen LogP contribution in [-0.4, -0.2) is 4.57 Å². The number of aromatic nitrogens is 1. The zero-order chi connectivity index (χ0) is 38.1. The Labute approximate surface area is 292 Å². The van der Waals surface area contributed by atoms with Gasteiger partial charge >= 0.3 is 24.7 Å². The van der Waals surface area contributed by atoms with Crippen LogP contribution < -0.4 is 0 Å². The summed E-state index contributed by atoms with van der Waals surface area (Å²) in [6, 6.07) is 27.0. The van der Waals surface area contributed by atoms with Crippen LogP contribution >= 0.6 is 0 Å². The molecule has 1 heterocycles. The molecule has 1 aromatic heterocycles. The molecule has 270 valence electrons. The summed E-state index contributed by atoms with van der Waals surface area (Å²) in [5, 5.41) is 0.521. The molecule has 0 fully saturated rings. The van der Waals surface area contributed by atoms with Crippen molar-refractivity contribution >= 4 is 21.8 Å². The van der Waals surface area contributed by atoms with Crippen molar-refractivity contribution in [2.45, 2.75) is 24.7 Å². The van der Waals surface area contributed by atoms with E-state index < -0.39 is 58.1 Å². The molecule has 0 aliphatic rings. The molecule has 0 spiro atoms. The molecule has 7 rings (SSSR count). The zero-order valence-electron chi connectivity index (χ0n) is 26.6. The molecule has 0 saturated heterocycles. The van der Waals surface area contributed by atoms with Gasteiger partial charge in [-0.15, -0.1) is 0 Å². The first-order valence-electron chi connectivity index (χ1n) is 15.6. The minimum Gasteiger partial charge on any atom is -0.309 e. The second-order valence-corrected chi connectivity index (χ2v) is 12.3. The third kappa shape index (κ3) is 6.83. The lowest BCUT2D eigenvalue weighted by Gasteiger charge is -2.15. The van der Waals surface area contributed by atoms with Crippen LogP contribution in [0.5, 0.6) is 0 Å². The minimum atomic E-state index is -5.12. The topological polar surface area (TPSA) is 4.93 Å². The second-order valence-electron chi connectivity index (χ2n) is 12.3. The normalized spacial score (nSPS) is 12.9. The maximum atomic E-state index is 13.8. The van der Waals surface area contributed by atoms with E-state index in [2.05, 4.69) is 0 Å². The fraction of sp³-hybridized carbons (Fsp3) is 0.100. The van der Waals surface area contributed by atoms with E-state index in [1.54, 1.807) is 22.8 Å². The van der Waals surface area contributed by atoms with E-state index in [9.17, 15) is 52.7 Å². The maximum Gasteiger partial charge on any atom is 0.416 e. The van der Waals surface area contributed by atoms with Gasteiger partial charge in [0, 0.05) is 16.3 Å². The average Bonchev–Trinajstić information content (AvgIpc) is 3.43. The van der Waals surface area contributed by atoms with Gasteiger partial charge in [0.05, 0.1) is 39.0 Å². The lowest BCUT2D eigenvalue weighted by atomic mass is 9.96. The number of benzene rings is 6. The van der Waals surface area contributed by atoms with Gasteiger partial charge in [0.25, 0.3) is 0 Å². The van der Waals surface area contributed by atoms with Gasteiger partial charge in [0.15, 0.2) is 0 Å². The number of hydrogen-bond acceptors (Lipinski definition) is 0. The summed E-state index contributed by atoms with van der Waals surface area (Å²) in [6.45, 7) is 0. The molecule has 0 aliphatic heterocycles. The van der Waals surface area contributed by atoms with Crippen LogP contribution in [0, 0.1) is 0 Å². The lowest BCUT2D eigenvalue weighted by molar-refractivity contribution is -0.144. The summed E-state index contributed by atoms with van der Waals surface area (Å²) in [7, 11) is 0. The van der Waals surface area contributed by atoms with Gasteiger partial charge in [0.2, 0.25) is 0 Å².